The molecule has 2 aromatic carbocycles. The van der Waals surface area contributed by atoms with E-state index in [9.17, 15) is 5.11 Å². The summed E-state index contributed by atoms with van der Waals surface area (Å²) in [6, 6.07) is 9.09. The molecule has 3 rings (SSSR count). The van der Waals surface area contributed by atoms with Crippen LogP contribution in [0.1, 0.15) is 55.6 Å². The summed E-state index contributed by atoms with van der Waals surface area (Å²) in [6.45, 7) is 7.47. The van der Waals surface area contributed by atoms with E-state index >= 15 is 0 Å². The first-order chi connectivity index (χ1) is 16.4. The Labute approximate surface area is 202 Å². The van der Waals surface area contributed by atoms with Gasteiger partial charge >= 0.3 is 0 Å². The molecule has 0 spiro atoms. The molecule has 3 atom stereocenters. The molecule has 188 valence electrons. The second-order valence-electron chi connectivity index (χ2n) is 8.02. The van der Waals surface area contributed by atoms with Gasteiger partial charge in [-0.05, 0) is 50.1 Å². The second kappa shape index (κ2) is 11.8. The summed E-state index contributed by atoms with van der Waals surface area (Å²) in [6.07, 6.45) is -1.31. The minimum absolute atomic E-state index is 0.149. The van der Waals surface area contributed by atoms with E-state index in [1.807, 2.05) is 44.2 Å². The molecule has 0 fully saturated rings. The lowest BCUT2D eigenvalue weighted by Gasteiger charge is -2.46. The summed E-state index contributed by atoms with van der Waals surface area (Å²) >= 11 is 0. The van der Waals surface area contributed by atoms with Gasteiger partial charge in [-0.15, -0.1) is 0 Å². The van der Waals surface area contributed by atoms with Crippen LogP contribution < -0.4 is 18.9 Å². The molecule has 0 saturated carbocycles. The highest BCUT2D eigenvalue weighted by Gasteiger charge is 2.43. The number of hydrogen-bond acceptors (Lipinski definition) is 8. The van der Waals surface area contributed by atoms with Crippen LogP contribution in [0, 0.1) is 0 Å². The Morgan fingerprint density at radius 3 is 2.00 bits per heavy atom. The quantitative estimate of drug-likeness (QED) is 0.483. The fourth-order valence-corrected chi connectivity index (χ4v) is 4.78. The average molecular weight is 476 g/mol. The maximum Gasteiger partial charge on any atom is 0.203 e. The van der Waals surface area contributed by atoms with Crippen molar-refractivity contribution in [2.75, 3.05) is 48.2 Å². The number of benzene rings is 2. The molecule has 0 aliphatic carbocycles. The van der Waals surface area contributed by atoms with E-state index in [2.05, 4.69) is 11.8 Å². The van der Waals surface area contributed by atoms with Crippen molar-refractivity contribution >= 4 is 0 Å². The second-order valence-corrected chi connectivity index (χ2v) is 8.02. The Balaban J connectivity index is 2.18. The van der Waals surface area contributed by atoms with Gasteiger partial charge in [-0.1, -0.05) is 12.1 Å². The van der Waals surface area contributed by atoms with Gasteiger partial charge in [-0.2, -0.15) is 0 Å². The Hall–Kier alpha value is -2.52. The van der Waals surface area contributed by atoms with Crippen LogP contribution in [0.5, 0.6) is 23.0 Å². The van der Waals surface area contributed by atoms with Gasteiger partial charge in [0.25, 0.3) is 0 Å². The number of rotatable bonds is 11. The predicted octanol–water partition coefficient (Wildman–Crippen LogP) is 4.27. The molecule has 0 amide bonds. The third-order valence-corrected chi connectivity index (χ3v) is 6.31. The largest absolute Gasteiger partial charge is 0.497 e. The monoisotopic (exact) mass is 475 g/mol. The molecule has 34 heavy (non-hydrogen) atoms. The average Bonchev–Trinajstić information content (AvgIpc) is 2.86. The number of hydrogen-bond donors (Lipinski definition) is 1. The number of aliphatic hydroxyl groups excluding tert-OH is 1. The SMILES string of the molecule is CCOC(CN1[C@H](C)c2c(cc(OC)c(OC)c2OC)[C@@H](O)[C@@H]1c1ccc(OC)cc1)OCC. The van der Waals surface area contributed by atoms with Crippen LogP contribution in [0.15, 0.2) is 30.3 Å². The third-order valence-electron chi connectivity index (χ3n) is 6.31. The zero-order valence-electron chi connectivity index (χ0n) is 21.2. The maximum atomic E-state index is 11.8. The topological polar surface area (TPSA) is 78.9 Å². The van der Waals surface area contributed by atoms with Crippen molar-refractivity contribution in [2.24, 2.45) is 0 Å². The van der Waals surface area contributed by atoms with Gasteiger partial charge in [0.15, 0.2) is 17.8 Å². The number of fused-ring (bicyclic) bond motifs is 1. The highest BCUT2D eigenvalue weighted by molar-refractivity contribution is 5.62. The molecule has 0 radical (unpaired) electrons. The highest BCUT2D eigenvalue weighted by Crippen LogP contribution is 2.54. The number of aliphatic hydroxyl groups is 1. The fourth-order valence-electron chi connectivity index (χ4n) is 4.78. The molecule has 1 N–H and O–H groups in total. The van der Waals surface area contributed by atoms with Crippen molar-refractivity contribution in [1.29, 1.82) is 0 Å². The zero-order valence-corrected chi connectivity index (χ0v) is 21.2. The summed E-state index contributed by atoms with van der Waals surface area (Å²) < 4.78 is 34.1. The zero-order chi connectivity index (χ0) is 24.8. The smallest absolute Gasteiger partial charge is 0.203 e. The van der Waals surface area contributed by atoms with Crippen LogP contribution in [0.25, 0.3) is 0 Å². The van der Waals surface area contributed by atoms with Crippen LogP contribution in [0.2, 0.25) is 0 Å². The van der Waals surface area contributed by atoms with Crippen LogP contribution >= 0.6 is 0 Å². The number of methoxy groups -OCH3 is 4. The molecule has 8 heteroatoms. The molecular formula is C26H37NO7. The molecule has 0 saturated heterocycles. The van der Waals surface area contributed by atoms with E-state index in [4.69, 9.17) is 28.4 Å². The minimum Gasteiger partial charge on any atom is -0.497 e. The van der Waals surface area contributed by atoms with Gasteiger partial charge in [-0.3, -0.25) is 4.90 Å². The minimum atomic E-state index is -0.864. The standard InChI is InChI=1S/C26H37NO7/c1-8-33-21(34-9-2)15-27-16(3)22-19(14-20(30-5)25(31-6)26(22)32-7)24(28)23(27)17-10-12-18(29-4)13-11-17/h10-14,16,21,23-24,28H,8-9,15H2,1-7H3/t16-,23+,24-/m1/s1. The summed E-state index contributed by atoms with van der Waals surface area (Å²) in [5, 5.41) is 11.8. The lowest BCUT2D eigenvalue weighted by molar-refractivity contribution is -0.161. The first kappa shape index (κ1) is 26.1. The van der Waals surface area contributed by atoms with Crippen LogP contribution in [-0.4, -0.2) is 64.5 Å². The molecule has 1 aliphatic rings. The third kappa shape index (κ3) is 4.95. The predicted molar refractivity (Wildman–Crippen MR) is 129 cm³/mol. The van der Waals surface area contributed by atoms with Crippen molar-refractivity contribution in [3.8, 4) is 23.0 Å². The van der Waals surface area contributed by atoms with E-state index in [1.54, 1.807) is 28.4 Å². The van der Waals surface area contributed by atoms with Crippen molar-refractivity contribution in [3.05, 3.63) is 47.0 Å². The van der Waals surface area contributed by atoms with Gasteiger partial charge in [0.1, 0.15) is 5.75 Å². The summed E-state index contributed by atoms with van der Waals surface area (Å²) in [4.78, 5) is 2.19. The van der Waals surface area contributed by atoms with E-state index < -0.39 is 12.4 Å². The first-order valence-electron chi connectivity index (χ1n) is 11.6. The van der Waals surface area contributed by atoms with Crippen LogP contribution in [0.4, 0.5) is 0 Å². The van der Waals surface area contributed by atoms with Gasteiger partial charge in [0.2, 0.25) is 5.75 Å². The lowest BCUT2D eigenvalue weighted by atomic mass is 9.82. The van der Waals surface area contributed by atoms with E-state index in [0.717, 1.165) is 22.4 Å². The number of nitrogens with zero attached hydrogens (tertiary/aromatic N) is 1. The van der Waals surface area contributed by atoms with Crippen molar-refractivity contribution in [1.82, 2.24) is 4.90 Å². The van der Waals surface area contributed by atoms with Crippen LogP contribution in [0.3, 0.4) is 0 Å². The van der Waals surface area contributed by atoms with E-state index in [0.29, 0.717) is 37.0 Å². The molecule has 0 aromatic heterocycles. The molecule has 2 aromatic rings. The molecule has 1 aliphatic heterocycles. The Morgan fingerprint density at radius 1 is 0.882 bits per heavy atom. The Morgan fingerprint density at radius 2 is 1.50 bits per heavy atom. The Bertz CT molecular complexity index is 928. The fraction of sp³-hybridized carbons (Fsp3) is 0.538. The van der Waals surface area contributed by atoms with Crippen molar-refractivity contribution in [2.45, 2.75) is 45.2 Å². The van der Waals surface area contributed by atoms with Gasteiger partial charge in [0.05, 0.1) is 47.1 Å². The normalized spacial score (nSPS) is 20.2. The van der Waals surface area contributed by atoms with Crippen molar-refractivity contribution in [3.63, 3.8) is 0 Å². The van der Waals surface area contributed by atoms with Crippen LogP contribution in [-0.2, 0) is 9.47 Å². The van der Waals surface area contributed by atoms with E-state index in [1.165, 1.54) is 0 Å². The molecule has 0 unspecified atom stereocenters. The van der Waals surface area contributed by atoms with Crippen molar-refractivity contribution < 1.29 is 33.5 Å². The Kier molecular flexibility index (Phi) is 9.02. The lowest BCUT2D eigenvalue weighted by Crippen LogP contribution is -2.45. The summed E-state index contributed by atoms with van der Waals surface area (Å²) in [5.41, 5.74) is 2.54. The molecule has 0 bridgehead atoms. The first-order valence-corrected chi connectivity index (χ1v) is 11.6. The molecular weight excluding hydrogens is 438 g/mol. The van der Waals surface area contributed by atoms with E-state index in [-0.39, 0.29) is 12.1 Å². The van der Waals surface area contributed by atoms with Gasteiger partial charge in [0, 0.05) is 24.8 Å². The molecule has 1 heterocycles. The van der Waals surface area contributed by atoms with Gasteiger partial charge < -0.3 is 33.5 Å². The summed E-state index contributed by atoms with van der Waals surface area (Å²) in [7, 11) is 6.38. The number of ether oxygens (including phenoxy) is 6. The van der Waals surface area contributed by atoms with Gasteiger partial charge in [-0.25, -0.2) is 0 Å². The summed E-state index contributed by atoms with van der Waals surface area (Å²) in [5.74, 6) is 2.30. The molecule has 8 nitrogen and oxygen atoms in total. The highest BCUT2D eigenvalue weighted by atomic mass is 16.7. The maximum absolute atomic E-state index is 11.8.